The van der Waals surface area contributed by atoms with Crippen molar-refractivity contribution >= 4 is 18.3 Å². The van der Waals surface area contributed by atoms with E-state index in [1.165, 1.54) is 12.8 Å². The number of carbonyl (C=O) groups is 1. The van der Waals surface area contributed by atoms with E-state index < -0.39 is 6.04 Å². The average Bonchev–Trinajstić information content (AvgIpc) is 3.07. The lowest BCUT2D eigenvalue weighted by Gasteiger charge is -2.21. The minimum absolute atomic E-state index is 0. The summed E-state index contributed by atoms with van der Waals surface area (Å²) in [5.74, 6) is 1.75. The van der Waals surface area contributed by atoms with Crippen LogP contribution in [0.2, 0.25) is 0 Å². The number of amides is 1. The number of methoxy groups -OCH3 is 1. The van der Waals surface area contributed by atoms with Gasteiger partial charge in [0.2, 0.25) is 5.91 Å². The van der Waals surface area contributed by atoms with Gasteiger partial charge in [0.1, 0.15) is 0 Å². The Balaban J connectivity index is 0.00000338. The summed E-state index contributed by atoms with van der Waals surface area (Å²) in [5.41, 5.74) is 6.93. The molecule has 2 rings (SSSR count). The van der Waals surface area contributed by atoms with E-state index >= 15 is 0 Å². The average molecular weight is 385 g/mol. The van der Waals surface area contributed by atoms with Crippen molar-refractivity contribution in [3.8, 4) is 11.5 Å². The fourth-order valence-corrected chi connectivity index (χ4v) is 3.26. The van der Waals surface area contributed by atoms with Gasteiger partial charge in [0.05, 0.1) is 25.3 Å². The van der Waals surface area contributed by atoms with Crippen LogP contribution in [0.4, 0.5) is 0 Å². The lowest BCUT2D eigenvalue weighted by molar-refractivity contribution is -0.123. The normalized spacial score (nSPS) is 16.7. The Morgan fingerprint density at radius 1 is 1.23 bits per heavy atom. The predicted molar refractivity (Wildman–Crippen MR) is 107 cm³/mol. The van der Waals surface area contributed by atoms with Gasteiger partial charge >= 0.3 is 0 Å². The van der Waals surface area contributed by atoms with Crippen LogP contribution in [-0.2, 0) is 4.79 Å². The van der Waals surface area contributed by atoms with Gasteiger partial charge in [-0.25, -0.2) is 0 Å². The van der Waals surface area contributed by atoms with Gasteiger partial charge < -0.3 is 20.5 Å². The SMILES string of the molecule is COc1cc(C(C)NC(=O)[C@@H](N)CC(C)C)ccc1OC1CCCC1.Cl. The first-order valence-electron chi connectivity index (χ1n) is 9.31. The first kappa shape index (κ1) is 22.6. The van der Waals surface area contributed by atoms with Gasteiger partial charge in [-0.1, -0.05) is 19.9 Å². The number of halogens is 1. The smallest absolute Gasteiger partial charge is 0.237 e. The summed E-state index contributed by atoms with van der Waals surface area (Å²) >= 11 is 0. The molecule has 148 valence electrons. The zero-order valence-corrected chi connectivity index (χ0v) is 17.1. The standard InChI is InChI=1S/C20H32N2O3.ClH/c1-13(2)11-17(21)20(23)22-14(3)15-9-10-18(19(12-15)24-4)25-16-7-5-6-8-16;/h9-10,12-14,16-17H,5-8,11,21H2,1-4H3,(H,22,23);1H/t14?,17-;/m0./s1. The molecular formula is C20H33ClN2O3. The maximum Gasteiger partial charge on any atom is 0.237 e. The summed E-state index contributed by atoms with van der Waals surface area (Å²) in [4.78, 5) is 12.2. The van der Waals surface area contributed by atoms with Gasteiger partial charge in [-0.05, 0) is 62.6 Å². The maximum atomic E-state index is 12.2. The summed E-state index contributed by atoms with van der Waals surface area (Å²) in [5, 5.41) is 2.98. The van der Waals surface area contributed by atoms with Crippen molar-refractivity contribution in [3.63, 3.8) is 0 Å². The highest BCUT2D eigenvalue weighted by Gasteiger charge is 2.21. The maximum absolute atomic E-state index is 12.2. The molecule has 1 amide bonds. The van der Waals surface area contributed by atoms with Crippen molar-refractivity contribution in [1.29, 1.82) is 0 Å². The molecule has 0 saturated heterocycles. The molecule has 26 heavy (non-hydrogen) atoms. The van der Waals surface area contributed by atoms with Crippen LogP contribution in [0.25, 0.3) is 0 Å². The van der Waals surface area contributed by atoms with Crippen LogP contribution < -0.4 is 20.5 Å². The molecule has 2 atom stereocenters. The molecule has 0 aliphatic heterocycles. The largest absolute Gasteiger partial charge is 0.493 e. The molecule has 0 bridgehead atoms. The molecule has 0 spiro atoms. The molecule has 6 heteroatoms. The number of nitrogens with two attached hydrogens (primary N) is 1. The van der Waals surface area contributed by atoms with Gasteiger partial charge in [-0.15, -0.1) is 12.4 Å². The second-order valence-electron chi connectivity index (χ2n) is 7.40. The molecule has 1 aromatic carbocycles. The topological polar surface area (TPSA) is 73.6 Å². The molecule has 0 heterocycles. The third-order valence-electron chi connectivity index (χ3n) is 4.70. The predicted octanol–water partition coefficient (Wildman–Crippen LogP) is 3.99. The highest BCUT2D eigenvalue weighted by molar-refractivity contribution is 5.85. The second kappa shape index (κ2) is 10.6. The third kappa shape index (κ3) is 6.36. The van der Waals surface area contributed by atoms with Crippen molar-refractivity contribution in [1.82, 2.24) is 5.32 Å². The molecule has 1 unspecified atom stereocenters. The Hall–Kier alpha value is -1.46. The van der Waals surface area contributed by atoms with Crippen molar-refractivity contribution in [2.45, 2.75) is 71.1 Å². The number of benzene rings is 1. The molecule has 0 aromatic heterocycles. The van der Waals surface area contributed by atoms with Crippen LogP contribution in [0, 0.1) is 5.92 Å². The zero-order chi connectivity index (χ0) is 18.4. The molecule has 1 aliphatic rings. The fraction of sp³-hybridized carbons (Fsp3) is 0.650. The van der Waals surface area contributed by atoms with Crippen molar-refractivity contribution in [2.75, 3.05) is 7.11 Å². The van der Waals surface area contributed by atoms with E-state index in [4.69, 9.17) is 15.2 Å². The fourth-order valence-electron chi connectivity index (χ4n) is 3.26. The van der Waals surface area contributed by atoms with Gasteiger partial charge in [0, 0.05) is 0 Å². The number of hydrogen-bond donors (Lipinski definition) is 2. The van der Waals surface area contributed by atoms with Gasteiger partial charge in [0.25, 0.3) is 0 Å². The third-order valence-corrected chi connectivity index (χ3v) is 4.70. The van der Waals surface area contributed by atoms with Gasteiger partial charge in [-0.3, -0.25) is 4.79 Å². The molecule has 0 radical (unpaired) electrons. The van der Waals surface area contributed by atoms with Gasteiger partial charge in [0.15, 0.2) is 11.5 Å². The lowest BCUT2D eigenvalue weighted by atomic mass is 10.0. The van der Waals surface area contributed by atoms with E-state index in [0.717, 1.165) is 24.2 Å². The highest BCUT2D eigenvalue weighted by Crippen LogP contribution is 2.33. The summed E-state index contributed by atoms with van der Waals surface area (Å²) in [7, 11) is 1.64. The van der Waals surface area contributed by atoms with Crippen molar-refractivity contribution in [2.24, 2.45) is 11.7 Å². The van der Waals surface area contributed by atoms with E-state index in [-0.39, 0.29) is 30.5 Å². The number of carbonyl (C=O) groups excluding carboxylic acids is 1. The van der Waals surface area contributed by atoms with Crippen LogP contribution in [0.3, 0.4) is 0 Å². The molecule has 1 fully saturated rings. The summed E-state index contributed by atoms with van der Waals surface area (Å²) in [6, 6.07) is 5.23. The molecule has 3 N–H and O–H groups in total. The number of ether oxygens (including phenoxy) is 2. The van der Waals surface area contributed by atoms with Crippen LogP contribution in [0.15, 0.2) is 18.2 Å². The lowest BCUT2D eigenvalue weighted by Crippen LogP contribution is -2.42. The molecule has 5 nitrogen and oxygen atoms in total. The summed E-state index contributed by atoms with van der Waals surface area (Å²) in [6.45, 7) is 6.07. The molecule has 1 aromatic rings. The van der Waals surface area contributed by atoms with Crippen LogP contribution in [0.5, 0.6) is 11.5 Å². The van der Waals surface area contributed by atoms with E-state index in [1.54, 1.807) is 7.11 Å². The Kier molecular flexibility index (Phi) is 9.23. The quantitative estimate of drug-likeness (QED) is 0.710. The minimum Gasteiger partial charge on any atom is -0.493 e. The molecular weight excluding hydrogens is 352 g/mol. The molecule has 1 aliphatic carbocycles. The monoisotopic (exact) mass is 384 g/mol. The Bertz CT molecular complexity index is 574. The molecule has 1 saturated carbocycles. The second-order valence-corrected chi connectivity index (χ2v) is 7.40. The number of rotatable bonds is 8. The van der Waals surface area contributed by atoms with Crippen LogP contribution >= 0.6 is 12.4 Å². The van der Waals surface area contributed by atoms with Crippen LogP contribution in [0.1, 0.15) is 64.5 Å². The highest BCUT2D eigenvalue weighted by atomic mass is 35.5. The van der Waals surface area contributed by atoms with Crippen LogP contribution in [-0.4, -0.2) is 25.2 Å². The van der Waals surface area contributed by atoms with Gasteiger partial charge in [-0.2, -0.15) is 0 Å². The first-order valence-corrected chi connectivity index (χ1v) is 9.31. The number of nitrogens with one attached hydrogen (secondary N) is 1. The van der Waals surface area contributed by atoms with E-state index in [2.05, 4.69) is 19.2 Å². The minimum atomic E-state index is -0.477. The first-order chi connectivity index (χ1) is 11.9. The summed E-state index contributed by atoms with van der Waals surface area (Å²) in [6.07, 6.45) is 5.62. The van der Waals surface area contributed by atoms with E-state index in [9.17, 15) is 4.79 Å². The Morgan fingerprint density at radius 2 is 1.88 bits per heavy atom. The van der Waals surface area contributed by atoms with E-state index in [1.807, 2.05) is 25.1 Å². The Labute approximate surface area is 163 Å². The van der Waals surface area contributed by atoms with Crippen molar-refractivity contribution in [3.05, 3.63) is 23.8 Å². The summed E-state index contributed by atoms with van der Waals surface area (Å²) < 4.78 is 11.6. The Morgan fingerprint density at radius 3 is 2.46 bits per heavy atom. The number of hydrogen-bond acceptors (Lipinski definition) is 4. The van der Waals surface area contributed by atoms with Crippen molar-refractivity contribution < 1.29 is 14.3 Å². The van der Waals surface area contributed by atoms with E-state index in [0.29, 0.717) is 18.1 Å². The zero-order valence-electron chi connectivity index (χ0n) is 16.3.